The molecule has 22 heavy (non-hydrogen) atoms. The molecule has 2 heterocycles. The highest BCUT2D eigenvalue weighted by atomic mass is 16.5. The summed E-state index contributed by atoms with van der Waals surface area (Å²) in [5, 5.41) is 0. The highest BCUT2D eigenvalue weighted by molar-refractivity contribution is 6.08. The smallest absolute Gasteiger partial charge is 0.314 e. The highest BCUT2D eigenvalue weighted by Gasteiger charge is 2.30. The molecule has 1 atom stereocenters. The highest BCUT2D eigenvalue weighted by Crippen LogP contribution is 2.31. The third-order valence-corrected chi connectivity index (χ3v) is 4.09. The molecule has 4 heteroatoms. The molecular weight excluding hydrogens is 278 g/mol. The zero-order valence-electron chi connectivity index (χ0n) is 12.6. The second-order valence-electron chi connectivity index (χ2n) is 5.44. The summed E-state index contributed by atoms with van der Waals surface area (Å²) in [6.07, 6.45) is 1.65. The van der Waals surface area contributed by atoms with Gasteiger partial charge in [-0.15, -0.1) is 0 Å². The fourth-order valence-electron chi connectivity index (χ4n) is 3.06. The molecule has 0 N–H and O–H groups in total. The van der Waals surface area contributed by atoms with Gasteiger partial charge in [-0.2, -0.15) is 0 Å². The molecule has 1 aliphatic heterocycles. The lowest BCUT2D eigenvalue weighted by Crippen LogP contribution is -2.25. The van der Waals surface area contributed by atoms with Crippen LogP contribution in [-0.4, -0.2) is 22.9 Å². The maximum atomic E-state index is 12.6. The minimum atomic E-state index is -0.258. The molecule has 3 rings (SSSR count). The van der Waals surface area contributed by atoms with E-state index in [0.29, 0.717) is 17.9 Å². The number of hydrogen-bond acceptors (Lipinski definition) is 3. The van der Waals surface area contributed by atoms with Crippen LogP contribution in [0.25, 0.3) is 0 Å². The van der Waals surface area contributed by atoms with Crippen LogP contribution < -0.4 is 0 Å². The van der Waals surface area contributed by atoms with Crippen molar-refractivity contribution in [1.29, 1.82) is 0 Å². The van der Waals surface area contributed by atoms with Gasteiger partial charge in [0.25, 0.3) is 0 Å². The average molecular weight is 297 g/mol. The van der Waals surface area contributed by atoms with Crippen LogP contribution in [-0.2, 0) is 16.1 Å². The van der Waals surface area contributed by atoms with Crippen LogP contribution in [0.15, 0.2) is 42.5 Å². The topological polar surface area (TPSA) is 48.3 Å². The molecule has 2 aromatic rings. The van der Waals surface area contributed by atoms with Crippen LogP contribution in [0, 0.1) is 0 Å². The number of nitrogens with zero attached hydrogens (tertiary/aromatic N) is 1. The number of ketones is 1. The monoisotopic (exact) mass is 297 g/mol. The Kier molecular flexibility index (Phi) is 4.09. The lowest BCUT2D eigenvalue weighted by Gasteiger charge is -2.24. The van der Waals surface area contributed by atoms with Crippen LogP contribution in [0.3, 0.4) is 0 Å². The first-order valence-electron chi connectivity index (χ1n) is 7.68. The van der Waals surface area contributed by atoms with Crippen molar-refractivity contribution in [2.75, 3.05) is 6.61 Å². The summed E-state index contributed by atoms with van der Waals surface area (Å²) < 4.78 is 7.13. The van der Waals surface area contributed by atoms with Crippen molar-refractivity contribution in [3.8, 4) is 0 Å². The molecule has 114 valence electrons. The van der Waals surface area contributed by atoms with Gasteiger partial charge in [-0.3, -0.25) is 9.59 Å². The zero-order valence-corrected chi connectivity index (χ0v) is 12.6. The van der Waals surface area contributed by atoms with Gasteiger partial charge < -0.3 is 9.30 Å². The third-order valence-electron chi connectivity index (χ3n) is 4.09. The van der Waals surface area contributed by atoms with E-state index in [1.165, 1.54) is 0 Å². The Morgan fingerprint density at radius 1 is 1.18 bits per heavy atom. The second-order valence-corrected chi connectivity index (χ2v) is 5.44. The summed E-state index contributed by atoms with van der Waals surface area (Å²) in [6, 6.07) is 12.9. The van der Waals surface area contributed by atoms with Crippen LogP contribution in [0.1, 0.15) is 47.4 Å². The Morgan fingerprint density at radius 2 is 1.95 bits per heavy atom. The summed E-state index contributed by atoms with van der Waals surface area (Å²) in [6.45, 7) is 2.96. The predicted molar refractivity (Wildman–Crippen MR) is 82.9 cm³/mol. The van der Waals surface area contributed by atoms with Gasteiger partial charge in [0.15, 0.2) is 0 Å². The summed E-state index contributed by atoms with van der Waals surface area (Å²) in [4.78, 5) is 24.7. The average Bonchev–Trinajstić information content (AvgIpc) is 2.99. The molecule has 0 spiro atoms. The predicted octanol–water partition coefficient (Wildman–Crippen LogP) is 3.16. The standard InChI is InChI=1S/C18H19NO3/c1-2-22-18(21)14-9-6-12-19-15(14)10-11-16(19)17(20)13-7-4-3-5-8-13/h3-5,7-8,10-11,14H,2,6,9,12H2,1H3. The fraction of sp³-hybridized carbons (Fsp3) is 0.333. The molecule has 1 aromatic heterocycles. The van der Waals surface area contributed by atoms with Crippen molar-refractivity contribution in [2.24, 2.45) is 0 Å². The van der Waals surface area contributed by atoms with Gasteiger partial charge in [0.1, 0.15) is 0 Å². The molecule has 0 bridgehead atoms. The van der Waals surface area contributed by atoms with Crippen molar-refractivity contribution in [3.05, 3.63) is 59.4 Å². The van der Waals surface area contributed by atoms with E-state index in [2.05, 4.69) is 0 Å². The van der Waals surface area contributed by atoms with Crippen molar-refractivity contribution in [2.45, 2.75) is 32.2 Å². The van der Waals surface area contributed by atoms with Crippen molar-refractivity contribution in [1.82, 2.24) is 4.57 Å². The molecular formula is C18H19NO3. The normalized spacial score (nSPS) is 16.9. The molecule has 0 saturated carbocycles. The van der Waals surface area contributed by atoms with Gasteiger partial charge in [-0.1, -0.05) is 30.3 Å². The number of rotatable bonds is 4. The second kappa shape index (κ2) is 6.18. The number of carbonyl (C=O) groups excluding carboxylic acids is 2. The number of benzene rings is 1. The zero-order chi connectivity index (χ0) is 15.5. The van der Waals surface area contributed by atoms with Gasteiger partial charge in [-0.25, -0.2) is 0 Å². The Balaban J connectivity index is 1.94. The van der Waals surface area contributed by atoms with E-state index in [1.54, 1.807) is 0 Å². The molecule has 0 radical (unpaired) electrons. The molecule has 0 amide bonds. The van der Waals surface area contributed by atoms with Crippen molar-refractivity contribution in [3.63, 3.8) is 0 Å². The minimum absolute atomic E-state index is 0.00337. The first-order valence-corrected chi connectivity index (χ1v) is 7.68. The Bertz CT molecular complexity index is 688. The molecule has 1 aliphatic rings. The first kappa shape index (κ1) is 14.6. The van der Waals surface area contributed by atoms with Crippen LogP contribution in [0.2, 0.25) is 0 Å². The number of esters is 1. The van der Waals surface area contributed by atoms with Crippen molar-refractivity contribution < 1.29 is 14.3 Å². The lowest BCUT2D eigenvalue weighted by atomic mass is 9.96. The first-order chi connectivity index (χ1) is 10.7. The van der Waals surface area contributed by atoms with Crippen LogP contribution in [0.5, 0.6) is 0 Å². The van der Waals surface area contributed by atoms with Gasteiger partial charge in [0, 0.05) is 17.8 Å². The number of carbonyl (C=O) groups is 2. The van der Waals surface area contributed by atoms with Crippen LogP contribution in [0.4, 0.5) is 0 Å². The summed E-state index contributed by atoms with van der Waals surface area (Å²) in [5.41, 5.74) is 2.21. The molecule has 0 fully saturated rings. The fourth-order valence-corrected chi connectivity index (χ4v) is 3.06. The number of ether oxygens (including phenoxy) is 1. The summed E-state index contributed by atoms with van der Waals surface area (Å²) >= 11 is 0. The van der Waals surface area contributed by atoms with Crippen LogP contribution >= 0.6 is 0 Å². The van der Waals surface area contributed by atoms with Gasteiger partial charge in [0.2, 0.25) is 5.78 Å². The summed E-state index contributed by atoms with van der Waals surface area (Å²) in [5.74, 6) is -0.456. The molecule has 4 nitrogen and oxygen atoms in total. The quantitative estimate of drug-likeness (QED) is 0.643. The molecule has 0 aliphatic carbocycles. The molecule has 0 saturated heterocycles. The maximum absolute atomic E-state index is 12.6. The SMILES string of the molecule is CCOC(=O)C1CCCn2c(C(=O)c3ccccc3)ccc21. The number of fused-ring (bicyclic) bond motifs is 1. The van der Waals surface area contributed by atoms with E-state index in [0.717, 1.165) is 25.1 Å². The number of hydrogen-bond donors (Lipinski definition) is 0. The van der Waals surface area contributed by atoms with E-state index in [4.69, 9.17) is 4.74 Å². The van der Waals surface area contributed by atoms with E-state index >= 15 is 0 Å². The van der Waals surface area contributed by atoms with Gasteiger partial charge in [0.05, 0.1) is 18.2 Å². The van der Waals surface area contributed by atoms with Gasteiger partial charge in [-0.05, 0) is 31.9 Å². The van der Waals surface area contributed by atoms with E-state index in [9.17, 15) is 9.59 Å². The van der Waals surface area contributed by atoms with E-state index in [1.807, 2.05) is 54.0 Å². The molecule has 1 unspecified atom stereocenters. The van der Waals surface area contributed by atoms with E-state index in [-0.39, 0.29) is 17.7 Å². The summed E-state index contributed by atoms with van der Waals surface area (Å²) in [7, 11) is 0. The Hall–Kier alpha value is -2.36. The Morgan fingerprint density at radius 3 is 2.68 bits per heavy atom. The largest absolute Gasteiger partial charge is 0.465 e. The minimum Gasteiger partial charge on any atom is -0.465 e. The van der Waals surface area contributed by atoms with E-state index < -0.39 is 0 Å². The Labute approximate surface area is 129 Å². The maximum Gasteiger partial charge on any atom is 0.314 e. The third kappa shape index (κ3) is 2.56. The molecule has 1 aromatic carbocycles. The van der Waals surface area contributed by atoms with Gasteiger partial charge >= 0.3 is 5.97 Å². The van der Waals surface area contributed by atoms with Crippen molar-refractivity contribution >= 4 is 11.8 Å². The number of aromatic nitrogens is 1. The lowest BCUT2D eigenvalue weighted by molar-refractivity contribution is -0.145.